The molecule has 1 aromatic carbocycles. The number of aryl methyl sites for hydroxylation is 1. The molecule has 3 heteroatoms. The summed E-state index contributed by atoms with van der Waals surface area (Å²) >= 11 is 1.40. The van der Waals surface area contributed by atoms with Crippen LogP contribution in [-0.2, 0) is 4.79 Å². The summed E-state index contributed by atoms with van der Waals surface area (Å²) in [5.74, 6) is -0.917. The number of benzene rings is 1. The van der Waals surface area contributed by atoms with Crippen LogP contribution < -0.4 is 0 Å². The first kappa shape index (κ1) is 9.86. The molecule has 68 valence electrons. The molecular formula is C10H10O2S. The van der Waals surface area contributed by atoms with E-state index in [2.05, 4.69) is 0 Å². The summed E-state index contributed by atoms with van der Waals surface area (Å²) in [5.41, 5.74) is 1.17. The summed E-state index contributed by atoms with van der Waals surface area (Å²) in [6.45, 7) is 2.00. The molecular weight excluding hydrogens is 184 g/mol. The number of aliphatic carboxylic acids is 1. The van der Waals surface area contributed by atoms with E-state index in [0.29, 0.717) is 0 Å². The molecule has 1 N–H and O–H groups in total. The van der Waals surface area contributed by atoms with Gasteiger partial charge in [-0.1, -0.05) is 29.5 Å². The number of carboxylic acid groups (broad SMARTS) is 1. The van der Waals surface area contributed by atoms with Crippen molar-refractivity contribution < 1.29 is 9.90 Å². The third kappa shape index (κ3) is 3.80. The summed E-state index contributed by atoms with van der Waals surface area (Å²) < 4.78 is 0. The molecule has 0 aliphatic carbocycles. The predicted molar refractivity (Wildman–Crippen MR) is 53.8 cm³/mol. The number of carboxylic acids is 1. The van der Waals surface area contributed by atoms with Crippen molar-refractivity contribution >= 4 is 17.7 Å². The van der Waals surface area contributed by atoms with Gasteiger partial charge in [0.05, 0.1) is 0 Å². The highest BCUT2D eigenvalue weighted by atomic mass is 32.2. The third-order valence-electron chi connectivity index (χ3n) is 1.40. The fourth-order valence-electron chi connectivity index (χ4n) is 0.859. The number of thioether (sulfide) groups is 1. The van der Waals surface area contributed by atoms with E-state index < -0.39 is 5.97 Å². The van der Waals surface area contributed by atoms with Crippen molar-refractivity contribution in [3.05, 3.63) is 41.3 Å². The van der Waals surface area contributed by atoms with Crippen molar-refractivity contribution in [2.75, 3.05) is 0 Å². The zero-order valence-corrected chi connectivity index (χ0v) is 8.04. The maximum atomic E-state index is 10.2. The van der Waals surface area contributed by atoms with Crippen molar-refractivity contribution in [3.8, 4) is 0 Å². The van der Waals surface area contributed by atoms with Gasteiger partial charge in [0, 0.05) is 11.0 Å². The van der Waals surface area contributed by atoms with Crippen LogP contribution in [0.1, 0.15) is 5.56 Å². The standard InChI is InChI=1S/C10H10O2S/c1-8-3-2-4-9(7-8)13-6-5-10(11)12/h2-7H,1H3,(H,11,12). The van der Waals surface area contributed by atoms with E-state index in [1.54, 1.807) is 5.41 Å². The van der Waals surface area contributed by atoms with E-state index in [9.17, 15) is 4.79 Å². The first-order valence-corrected chi connectivity index (χ1v) is 4.69. The van der Waals surface area contributed by atoms with Crippen LogP contribution in [0.5, 0.6) is 0 Å². The van der Waals surface area contributed by atoms with E-state index >= 15 is 0 Å². The Hall–Kier alpha value is -1.22. The Kier molecular flexibility index (Phi) is 3.58. The van der Waals surface area contributed by atoms with Crippen molar-refractivity contribution in [1.82, 2.24) is 0 Å². The normalized spacial score (nSPS) is 10.5. The topological polar surface area (TPSA) is 37.3 Å². The SMILES string of the molecule is Cc1cccc(SC=CC(=O)O)c1. The van der Waals surface area contributed by atoms with Gasteiger partial charge < -0.3 is 5.11 Å². The first-order valence-electron chi connectivity index (χ1n) is 3.81. The van der Waals surface area contributed by atoms with Crippen LogP contribution in [0.25, 0.3) is 0 Å². The summed E-state index contributed by atoms with van der Waals surface area (Å²) in [5, 5.41) is 9.91. The second-order valence-corrected chi connectivity index (χ2v) is 3.55. The first-order chi connectivity index (χ1) is 6.18. The summed E-state index contributed by atoms with van der Waals surface area (Å²) in [6.07, 6.45) is 1.13. The van der Waals surface area contributed by atoms with Gasteiger partial charge in [-0.3, -0.25) is 0 Å². The van der Waals surface area contributed by atoms with Gasteiger partial charge in [0.25, 0.3) is 0 Å². The van der Waals surface area contributed by atoms with Gasteiger partial charge >= 0.3 is 5.97 Å². The molecule has 0 heterocycles. The molecule has 0 saturated carbocycles. The van der Waals surface area contributed by atoms with Crippen LogP contribution in [0.2, 0.25) is 0 Å². The molecule has 0 radical (unpaired) electrons. The Labute approximate surface area is 81.3 Å². The number of hydrogen-bond acceptors (Lipinski definition) is 2. The molecule has 0 saturated heterocycles. The summed E-state index contributed by atoms with van der Waals surface area (Å²) in [4.78, 5) is 11.2. The smallest absolute Gasteiger partial charge is 0.328 e. The largest absolute Gasteiger partial charge is 0.478 e. The number of rotatable bonds is 3. The molecule has 1 rings (SSSR count). The Bertz CT molecular complexity index is 331. The van der Waals surface area contributed by atoms with Gasteiger partial charge in [-0.25, -0.2) is 4.79 Å². The molecule has 0 fully saturated rings. The third-order valence-corrected chi connectivity index (χ3v) is 2.20. The van der Waals surface area contributed by atoms with E-state index in [0.717, 1.165) is 11.0 Å². The minimum atomic E-state index is -0.917. The number of carbonyl (C=O) groups is 1. The van der Waals surface area contributed by atoms with Crippen LogP contribution in [0.15, 0.2) is 40.6 Å². The van der Waals surface area contributed by atoms with Gasteiger partial charge in [-0.2, -0.15) is 0 Å². The Balaban J connectivity index is 2.59. The molecule has 1 aromatic rings. The maximum Gasteiger partial charge on any atom is 0.328 e. The zero-order chi connectivity index (χ0) is 9.68. The molecule has 0 aromatic heterocycles. The van der Waals surface area contributed by atoms with Crippen molar-refractivity contribution in [1.29, 1.82) is 0 Å². The van der Waals surface area contributed by atoms with E-state index in [1.165, 1.54) is 17.3 Å². The van der Waals surface area contributed by atoms with Crippen LogP contribution >= 0.6 is 11.8 Å². The average Bonchev–Trinajstić information content (AvgIpc) is 2.03. The highest BCUT2D eigenvalue weighted by Crippen LogP contribution is 2.19. The molecule has 0 aliphatic rings. The molecule has 0 aliphatic heterocycles. The highest BCUT2D eigenvalue weighted by molar-refractivity contribution is 8.02. The lowest BCUT2D eigenvalue weighted by atomic mass is 10.2. The van der Waals surface area contributed by atoms with Crippen LogP contribution in [-0.4, -0.2) is 11.1 Å². The van der Waals surface area contributed by atoms with Gasteiger partial charge in [0.15, 0.2) is 0 Å². The fourth-order valence-corrected chi connectivity index (χ4v) is 1.61. The zero-order valence-electron chi connectivity index (χ0n) is 7.23. The lowest BCUT2D eigenvalue weighted by molar-refractivity contribution is -0.131. The lowest BCUT2D eigenvalue weighted by Crippen LogP contribution is -1.84. The quantitative estimate of drug-likeness (QED) is 0.593. The second kappa shape index (κ2) is 4.72. The number of hydrogen-bond donors (Lipinski definition) is 1. The Morgan fingerprint density at radius 2 is 2.31 bits per heavy atom. The van der Waals surface area contributed by atoms with E-state index in [1.807, 2.05) is 31.2 Å². The van der Waals surface area contributed by atoms with Gasteiger partial charge in [0.1, 0.15) is 0 Å². The highest BCUT2D eigenvalue weighted by Gasteiger charge is 1.91. The molecule has 0 amide bonds. The van der Waals surface area contributed by atoms with Crippen molar-refractivity contribution in [3.63, 3.8) is 0 Å². The Morgan fingerprint density at radius 1 is 1.54 bits per heavy atom. The fraction of sp³-hybridized carbons (Fsp3) is 0.100. The van der Waals surface area contributed by atoms with Gasteiger partial charge in [-0.15, -0.1) is 0 Å². The molecule has 2 nitrogen and oxygen atoms in total. The molecule has 0 unspecified atom stereocenters. The van der Waals surface area contributed by atoms with E-state index in [4.69, 9.17) is 5.11 Å². The molecule has 0 bridgehead atoms. The molecule has 13 heavy (non-hydrogen) atoms. The summed E-state index contributed by atoms with van der Waals surface area (Å²) in [7, 11) is 0. The van der Waals surface area contributed by atoms with Crippen LogP contribution in [0.4, 0.5) is 0 Å². The minimum Gasteiger partial charge on any atom is -0.478 e. The summed E-state index contributed by atoms with van der Waals surface area (Å²) in [6, 6.07) is 7.91. The van der Waals surface area contributed by atoms with Crippen molar-refractivity contribution in [2.45, 2.75) is 11.8 Å². The maximum absolute atomic E-state index is 10.2. The van der Waals surface area contributed by atoms with Gasteiger partial charge in [-0.05, 0) is 24.5 Å². The lowest BCUT2D eigenvalue weighted by Gasteiger charge is -1.96. The van der Waals surface area contributed by atoms with Gasteiger partial charge in [0.2, 0.25) is 0 Å². The van der Waals surface area contributed by atoms with Crippen LogP contribution in [0.3, 0.4) is 0 Å². The monoisotopic (exact) mass is 194 g/mol. The average molecular weight is 194 g/mol. The molecule has 0 atom stereocenters. The molecule has 0 spiro atoms. The van der Waals surface area contributed by atoms with E-state index in [-0.39, 0.29) is 0 Å². The van der Waals surface area contributed by atoms with Crippen LogP contribution in [0, 0.1) is 6.92 Å². The minimum absolute atomic E-state index is 0.917. The Morgan fingerprint density at radius 3 is 2.92 bits per heavy atom. The predicted octanol–water partition coefficient (Wildman–Crippen LogP) is 2.69. The second-order valence-electron chi connectivity index (χ2n) is 2.58. The van der Waals surface area contributed by atoms with Crippen molar-refractivity contribution in [2.24, 2.45) is 0 Å².